The van der Waals surface area contributed by atoms with Crippen LogP contribution < -0.4 is 5.32 Å². The van der Waals surface area contributed by atoms with Gasteiger partial charge in [-0.1, -0.05) is 13.0 Å². The molecule has 0 radical (unpaired) electrons. The molecule has 1 aromatic rings. The Morgan fingerprint density at radius 2 is 2.00 bits per heavy atom. The number of hydrogen-bond donors (Lipinski definition) is 1. The number of nitrogens with zero attached hydrogens (tertiary/aromatic N) is 1. The molecule has 0 spiro atoms. The third-order valence-electron chi connectivity index (χ3n) is 3.14. The molecular weight excluding hydrogens is 340 g/mol. The van der Waals surface area contributed by atoms with Crippen molar-refractivity contribution in [1.29, 1.82) is 0 Å². The van der Waals surface area contributed by atoms with Crippen LogP contribution in [0.2, 0.25) is 0 Å². The second kappa shape index (κ2) is 7.54. The number of rotatable bonds is 7. The number of halogens is 1. The summed E-state index contributed by atoms with van der Waals surface area (Å²) in [6, 6.07) is 5.32. The molecular formula is C14H23BrN2O2S. The van der Waals surface area contributed by atoms with Gasteiger partial charge < -0.3 is 5.32 Å². The molecule has 0 saturated carbocycles. The van der Waals surface area contributed by atoms with E-state index in [1.165, 1.54) is 4.31 Å². The largest absolute Gasteiger partial charge is 0.313 e. The highest BCUT2D eigenvalue weighted by Crippen LogP contribution is 2.26. The molecule has 0 bridgehead atoms. The van der Waals surface area contributed by atoms with E-state index in [2.05, 4.69) is 28.2 Å². The Morgan fingerprint density at radius 3 is 2.50 bits per heavy atom. The smallest absolute Gasteiger partial charge is 0.244 e. The van der Waals surface area contributed by atoms with Crippen molar-refractivity contribution >= 4 is 26.0 Å². The molecule has 0 amide bonds. The molecule has 0 heterocycles. The van der Waals surface area contributed by atoms with Gasteiger partial charge in [0.05, 0.1) is 4.90 Å². The van der Waals surface area contributed by atoms with E-state index in [9.17, 15) is 8.42 Å². The zero-order valence-electron chi connectivity index (χ0n) is 12.5. The van der Waals surface area contributed by atoms with Crippen molar-refractivity contribution in [3.63, 3.8) is 0 Å². The second-order valence-corrected chi connectivity index (χ2v) is 7.88. The van der Waals surface area contributed by atoms with E-state index in [4.69, 9.17) is 0 Å². The summed E-state index contributed by atoms with van der Waals surface area (Å²) < 4.78 is 26.9. The fourth-order valence-electron chi connectivity index (χ4n) is 1.71. The van der Waals surface area contributed by atoms with Gasteiger partial charge in [-0.3, -0.25) is 0 Å². The maximum atomic E-state index is 12.4. The Balaban J connectivity index is 2.98. The molecule has 0 saturated heterocycles. The van der Waals surface area contributed by atoms with Crippen molar-refractivity contribution in [3.05, 3.63) is 28.2 Å². The van der Waals surface area contributed by atoms with Crippen LogP contribution in [-0.4, -0.2) is 32.4 Å². The topological polar surface area (TPSA) is 49.4 Å². The normalized spacial score (nSPS) is 12.3. The summed E-state index contributed by atoms with van der Waals surface area (Å²) in [5.74, 6) is 0. The SMILES string of the molecule is CCCNCc1ccc(S(=O)(=O)N(C)C(C)C)c(Br)c1. The summed E-state index contributed by atoms with van der Waals surface area (Å²) in [5, 5.41) is 3.30. The summed E-state index contributed by atoms with van der Waals surface area (Å²) in [6.45, 7) is 7.52. The predicted molar refractivity (Wildman–Crippen MR) is 86.2 cm³/mol. The van der Waals surface area contributed by atoms with Gasteiger partial charge in [0.25, 0.3) is 0 Å². The van der Waals surface area contributed by atoms with Crippen molar-refractivity contribution in [2.75, 3.05) is 13.6 Å². The maximum absolute atomic E-state index is 12.4. The zero-order valence-corrected chi connectivity index (χ0v) is 14.9. The number of sulfonamides is 1. The Kier molecular flexibility index (Phi) is 6.64. The summed E-state index contributed by atoms with van der Waals surface area (Å²) in [7, 11) is -1.84. The first kappa shape index (κ1) is 17.6. The highest BCUT2D eigenvalue weighted by Gasteiger charge is 2.25. The van der Waals surface area contributed by atoms with Crippen LogP contribution in [0, 0.1) is 0 Å². The van der Waals surface area contributed by atoms with Gasteiger partial charge in [-0.25, -0.2) is 8.42 Å². The third kappa shape index (κ3) is 4.28. The molecule has 0 atom stereocenters. The number of benzene rings is 1. The van der Waals surface area contributed by atoms with Crippen molar-refractivity contribution in [2.24, 2.45) is 0 Å². The third-order valence-corrected chi connectivity index (χ3v) is 6.15. The fraction of sp³-hybridized carbons (Fsp3) is 0.571. The summed E-state index contributed by atoms with van der Waals surface area (Å²) >= 11 is 3.38. The van der Waals surface area contributed by atoms with Gasteiger partial charge in [0.15, 0.2) is 0 Å². The van der Waals surface area contributed by atoms with Crippen LogP contribution >= 0.6 is 15.9 Å². The van der Waals surface area contributed by atoms with Gasteiger partial charge in [0.2, 0.25) is 10.0 Å². The first-order chi connectivity index (χ1) is 9.30. The molecule has 0 aliphatic heterocycles. The van der Waals surface area contributed by atoms with Crippen LogP contribution in [0.5, 0.6) is 0 Å². The van der Waals surface area contributed by atoms with Gasteiger partial charge in [0.1, 0.15) is 0 Å². The molecule has 0 fully saturated rings. The van der Waals surface area contributed by atoms with E-state index in [1.807, 2.05) is 26.0 Å². The first-order valence-corrected chi connectivity index (χ1v) is 9.01. The summed E-state index contributed by atoms with van der Waals surface area (Å²) in [4.78, 5) is 0.313. The van der Waals surface area contributed by atoms with E-state index < -0.39 is 10.0 Å². The minimum atomic E-state index is -3.44. The van der Waals surface area contributed by atoms with Crippen LogP contribution in [-0.2, 0) is 16.6 Å². The minimum absolute atomic E-state index is 0.0715. The van der Waals surface area contributed by atoms with Crippen molar-refractivity contribution in [2.45, 2.75) is 44.7 Å². The molecule has 0 aliphatic carbocycles. The maximum Gasteiger partial charge on any atom is 0.244 e. The molecule has 1 rings (SSSR count). The number of hydrogen-bond acceptors (Lipinski definition) is 3. The molecule has 0 aliphatic rings. The molecule has 1 N–H and O–H groups in total. The Hall–Kier alpha value is -0.430. The van der Waals surface area contributed by atoms with Crippen molar-refractivity contribution in [1.82, 2.24) is 9.62 Å². The van der Waals surface area contributed by atoms with E-state index in [0.717, 1.165) is 25.1 Å². The van der Waals surface area contributed by atoms with E-state index >= 15 is 0 Å². The second-order valence-electron chi connectivity index (χ2n) is 5.06. The van der Waals surface area contributed by atoms with Crippen LogP contribution in [0.1, 0.15) is 32.8 Å². The fourth-order valence-corrected chi connectivity index (χ4v) is 4.16. The quantitative estimate of drug-likeness (QED) is 0.758. The lowest BCUT2D eigenvalue weighted by Crippen LogP contribution is -2.33. The van der Waals surface area contributed by atoms with Crippen LogP contribution in [0.15, 0.2) is 27.6 Å². The Bertz CT molecular complexity index is 544. The van der Waals surface area contributed by atoms with Gasteiger partial charge >= 0.3 is 0 Å². The predicted octanol–water partition coefficient (Wildman–Crippen LogP) is 2.98. The molecule has 1 aromatic carbocycles. The lowest BCUT2D eigenvalue weighted by Gasteiger charge is -2.21. The lowest BCUT2D eigenvalue weighted by atomic mass is 10.2. The standard InChI is InChI=1S/C14H23BrN2O2S/c1-5-8-16-10-12-6-7-14(13(15)9-12)20(18,19)17(4)11(2)3/h6-7,9,11,16H,5,8,10H2,1-4H3. The molecule has 6 heteroatoms. The molecule has 20 heavy (non-hydrogen) atoms. The number of nitrogens with one attached hydrogen (secondary N) is 1. The minimum Gasteiger partial charge on any atom is -0.313 e. The average Bonchev–Trinajstić information content (AvgIpc) is 2.37. The van der Waals surface area contributed by atoms with Gasteiger partial charge in [0, 0.05) is 24.1 Å². The first-order valence-electron chi connectivity index (χ1n) is 6.77. The monoisotopic (exact) mass is 362 g/mol. The van der Waals surface area contributed by atoms with Crippen molar-refractivity contribution < 1.29 is 8.42 Å². The Labute approximate surface area is 130 Å². The lowest BCUT2D eigenvalue weighted by molar-refractivity contribution is 0.410. The molecule has 0 unspecified atom stereocenters. The molecule has 114 valence electrons. The van der Waals surface area contributed by atoms with E-state index in [0.29, 0.717) is 9.37 Å². The van der Waals surface area contributed by atoms with Gasteiger partial charge in [-0.15, -0.1) is 0 Å². The molecule has 0 aromatic heterocycles. The Morgan fingerprint density at radius 1 is 1.35 bits per heavy atom. The highest BCUT2D eigenvalue weighted by molar-refractivity contribution is 9.10. The summed E-state index contributed by atoms with van der Waals surface area (Å²) in [6.07, 6.45) is 1.08. The van der Waals surface area contributed by atoms with E-state index in [1.54, 1.807) is 13.1 Å². The van der Waals surface area contributed by atoms with Crippen LogP contribution in [0.25, 0.3) is 0 Å². The van der Waals surface area contributed by atoms with Gasteiger partial charge in [-0.05, 0) is 60.4 Å². The van der Waals surface area contributed by atoms with Crippen molar-refractivity contribution in [3.8, 4) is 0 Å². The summed E-state index contributed by atoms with van der Waals surface area (Å²) in [5.41, 5.74) is 1.07. The average molecular weight is 363 g/mol. The van der Waals surface area contributed by atoms with Crippen LogP contribution in [0.4, 0.5) is 0 Å². The highest BCUT2D eigenvalue weighted by atomic mass is 79.9. The molecule has 4 nitrogen and oxygen atoms in total. The van der Waals surface area contributed by atoms with E-state index in [-0.39, 0.29) is 6.04 Å². The van der Waals surface area contributed by atoms with Gasteiger partial charge in [-0.2, -0.15) is 4.31 Å². The van der Waals surface area contributed by atoms with Crippen LogP contribution in [0.3, 0.4) is 0 Å². The zero-order chi connectivity index (χ0) is 15.3.